The summed E-state index contributed by atoms with van der Waals surface area (Å²) < 4.78 is 0. The summed E-state index contributed by atoms with van der Waals surface area (Å²) in [5.74, 6) is 0. The summed E-state index contributed by atoms with van der Waals surface area (Å²) in [4.78, 5) is 2.38. The Bertz CT molecular complexity index is 2760. The van der Waals surface area contributed by atoms with E-state index >= 15 is 0 Å². The second-order valence-corrected chi connectivity index (χ2v) is 14.4. The van der Waals surface area contributed by atoms with Crippen LogP contribution in [-0.2, 0) is 12.8 Å². The third kappa shape index (κ3) is 5.85. The van der Waals surface area contributed by atoms with Gasteiger partial charge >= 0.3 is 0 Å². The topological polar surface area (TPSA) is 3.24 Å². The lowest BCUT2D eigenvalue weighted by atomic mass is 9.89. The van der Waals surface area contributed by atoms with Crippen LogP contribution in [0.15, 0.2) is 188 Å². The van der Waals surface area contributed by atoms with Crippen LogP contribution < -0.4 is 4.90 Å². The Labute approximate surface area is 311 Å². The monoisotopic (exact) mass is 677 g/mol. The average Bonchev–Trinajstić information content (AvgIpc) is 3.24. The maximum Gasteiger partial charge on any atom is 0.0462 e. The van der Waals surface area contributed by atoms with Crippen LogP contribution in [0.5, 0.6) is 0 Å². The molecule has 0 saturated carbocycles. The SMILES string of the molecule is c1ccc2cc(-c3ccc(N(c4ccc(-c5ccc6c(c5)CCCC6)cc4)c4ccc(-c5cc6ccccc6c6ccccc56)cc4)cc3)ccc2c1. The fourth-order valence-electron chi connectivity index (χ4n) is 8.42. The van der Waals surface area contributed by atoms with E-state index in [9.17, 15) is 0 Å². The van der Waals surface area contributed by atoms with Gasteiger partial charge in [0.15, 0.2) is 0 Å². The summed E-state index contributed by atoms with van der Waals surface area (Å²) in [6.07, 6.45) is 4.99. The Morgan fingerprint density at radius 2 is 0.792 bits per heavy atom. The minimum Gasteiger partial charge on any atom is -0.311 e. The number of anilines is 3. The van der Waals surface area contributed by atoms with Crippen LogP contribution in [-0.4, -0.2) is 0 Å². The van der Waals surface area contributed by atoms with Crippen LogP contribution in [0.4, 0.5) is 17.1 Å². The first-order chi connectivity index (χ1) is 26.2. The van der Waals surface area contributed by atoms with E-state index < -0.39 is 0 Å². The predicted molar refractivity (Wildman–Crippen MR) is 227 cm³/mol. The minimum absolute atomic E-state index is 1.12. The normalized spacial score (nSPS) is 12.6. The summed E-state index contributed by atoms with van der Waals surface area (Å²) in [5.41, 5.74) is 13.9. The molecule has 252 valence electrons. The lowest BCUT2D eigenvalue weighted by molar-refractivity contribution is 0.686. The molecule has 0 aromatic heterocycles. The Hall–Kier alpha value is -6.44. The molecule has 0 atom stereocenters. The highest BCUT2D eigenvalue weighted by Crippen LogP contribution is 2.40. The van der Waals surface area contributed by atoms with E-state index in [-0.39, 0.29) is 0 Å². The van der Waals surface area contributed by atoms with Crippen LogP contribution in [0.1, 0.15) is 24.0 Å². The van der Waals surface area contributed by atoms with E-state index in [1.807, 2.05) is 0 Å². The van der Waals surface area contributed by atoms with Crippen molar-refractivity contribution in [2.45, 2.75) is 25.7 Å². The van der Waals surface area contributed by atoms with Crippen molar-refractivity contribution in [1.29, 1.82) is 0 Å². The molecular weight excluding hydrogens is 639 g/mol. The van der Waals surface area contributed by atoms with Crippen molar-refractivity contribution < 1.29 is 0 Å². The highest BCUT2D eigenvalue weighted by Gasteiger charge is 2.16. The summed E-state index contributed by atoms with van der Waals surface area (Å²) in [6, 6.07) is 69.4. The third-order valence-electron chi connectivity index (χ3n) is 11.2. The summed E-state index contributed by atoms with van der Waals surface area (Å²) >= 11 is 0. The maximum atomic E-state index is 2.42. The van der Waals surface area contributed by atoms with Crippen molar-refractivity contribution in [3.63, 3.8) is 0 Å². The molecule has 0 fully saturated rings. The van der Waals surface area contributed by atoms with Crippen LogP contribution in [0.25, 0.3) is 65.7 Å². The molecule has 0 aliphatic heterocycles. The van der Waals surface area contributed by atoms with Crippen molar-refractivity contribution in [3.05, 3.63) is 199 Å². The summed E-state index contributed by atoms with van der Waals surface area (Å²) in [7, 11) is 0. The number of hydrogen-bond acceptors (Lipinski definition) is 1. The molecule has 0 radical (unpaired) electrons. The highest BCUT2D eigenvalue weighted by molar-refractivity contribution is 6.13. The number of benzene rings is 9. The second kappa shape index (κ2) is 13.3. The van der Waals surface area contributed by atoms with E-state index in [0.717, 1.165) is 17.1 Å². The molecule has 0 heterocycles. The average molecular weight is 678 g/mol. The summed E-state index contributed by atoms with van der Waals surface area (Å²) in [6.45, 7) is 0. The molecule has 53 heavy (non-hydrogen) atoms. The number of hydrogen-bond donors (Lipinski definition) is 0. The molecule has 1 aliphatic rings. The van der Waals surface area contributed by atoms with Gasteiger partial charge in [-0.15, -0.1) is 0 Å². The van der Waals surface area contributed by atoms with Gasteiger partial charge in [0, 0.05) is 17.1 Å². The molecule has 0 unspecified atom stereocenters. The zero-order valence-electron chi connectivity index (χ0n) is 29.7. The van der Waals surface area contributed by atoms with Crippen LogP contribution in [0, 0.1) is 0 Å². The van der Waals surface area contributed by atoms with Gasteiger partial charge in [0.25, 0.3) is 0 Å². The van der Waals surface area contributed by atoms with Gasteiger partial charge in [0.05, 0.1) is 0 Å². The van der Waals surface area contributed by atoms with Crippen molar-refractivity contribution in [2.24, 2.45) is 0 Å². The molecule has 1 heteroatoms. The van der Waals surface area contributed by atoms with E-state index in [2.05, 4.69) is 193 Å². The minimum atomic E-state index is 1.12. The summed E-state index contributed by atoms with van der Waals surface area (Å²) in [5, 5.41) is 7.64. The number of nitrogens with zero attached hydrogens (tertiary/aromatic N) is 1. The molecule has 0 saturated heterocycles. The van der Waals surface area contributed by atoms with Gasteiger partial charge < -0.3 is 4.90 Å². The molecule has 0 bridgehead atoms. The molecule has 9 aromatic carbocycles. The predicted octanol–water partition coefficient (Wildman–Crippen LogP) is 14.5. The first-order valence-corrected chi connectivity index (χ1v) is 18.9. The first-order valence-electron chi connectivity index (χ1n) is 18.9. The van der Waals surface area contributed by atoms with Gasteiger partial charge in [-0.1, -0.05) is 140 Å². The van der Waals surface area contributed by atoms with E-state index in [4.69, 9.17) is 0 Å². The van der Waals surface area contributed by atoms with Crippen molar-refractivity contribution in [3.8, 4) is 33.4 Å². The van der Waals surface area contributed by atoms with E-state index in [1.54, 1.807) is 0 Å². The Kier molecular flexibility index (Phi) is 7.84. The van der Waals surface area contributed by atoms with Crippen LogP contribution >= 0.6 is 0 Å². The number of fused-ring (bicyclic) bond motifs is 5. The zero-order chi connectivity index (χ0) is 35.1. The third-order valence-corrected chi connectivity index (χ3v) is 11.2. The van der Waals surface area contributed by atoms with E-state index in [1.165, 1.54) is 103 Å². The standard InChI is InChI=1S/C52H39N/c1-3-11-41-33-43(19-17-36(41)9-1)38-21-27-46(28-22-38)53(47-29-23-39(24-30-47)44-20-18-37-10-2-4-12-42(37)34-44)48-31-25-40(26-32-48)52-35-45-13-5-6-14-49(45)50-15-7-8-16-51(50)52/h1,3,5-9,11,13-35H,2,4,10,12H2. The lowest BCUT2D eigenvalue weighted by Gasteiger charge is -2.26. The van der Waals surface area contributed by atoms with Gasteiger partial charge in [0.2, 0.25) is 0 Å². The van der Waals surface area contributed by atoms with Gasteiger partial charge in [-0.25, -0.2) is 0 Å². The molecular formula is C52H39N. The smallest absolute Gasteiger partial charge is 0.0462 e. The molecule has 1 nitrogen and oxygen atoms in total. The Morgan fingerprint density at radius 3 is 1.47 bits per heavy atom. The second-order valence-electron chi connectivity index (χ2n) is 14.4. The number of aryl methyl sites for hydroxylation is 2. The first kappa shape index (κ1) is 31.3. The highest BCUT2D eigenvalue weighted by atomic mass is 15.1. The quantitative estimate of drug-likeness (QED) is 0.158. The lowest BCUT2D eigenvalue weighted by Crippen LogP contribution is -2.09. The molecule has 0 N–H and O–H groups in total. The van der Waals surface area contributed by atoms with Crippen LogP contribution in [0.2, 0.25) is 0 Å². The molecule has 10 rings (SSSR count). The van der Waals surface area contributed by atoms with Gasteiger partial charge in [-0.3, -0.25) is 0 Å². The van der Waals surface area contributed by atoms with Crippen LogP contribution in [0.3, 0.4) is 0 Å². The zero-order valence-corrected chi connectivity index (χ0v) is 29.7. The Morgan fingerprint density at radius 1 is 0.302 bits per heavy atom. The molecule has 0 amide bonds. The van der Waals surface area contributed by atoms with Gasteiger partial charge in [0.1, 0.15) is 0 Å². The fourth-order valence-corrected chi connectivity index (χ4v) is 8.42. The molecule has 1 aliphatic carbocycles. The largest absolute Gasteiger partial charge is 0.311 e. The van der Waals surface area contributed by atoms with Crippen molar-refractivity contribution in [1.82, 2.24) is 0 Å². The van der Waals surface area contributed by atoms with E-state index in [0.29, 0.717) is 0 Å². The van der Waals surface area contributed by atoms with Gasteiger partial charge in [-0.2, -0.15) is 0 Å². The molecule has 0 spiro atoms. The van der Waals surface area contributed by atoms with Gasteiger partial charge in [-0.05, 0) is 151 Å². The fraction of sp³-hybridized carbons (Fsp3) is 0.0769. The number of rotatable bonds is 6. The van der Waals surface area contributed by atoms with Crippen molar-refractivity contribution in [2.75, 3.05) is 4.90 Å². The maximum absolute atomic E-state index is 2.42. The molecule has 9 aromatic rings. The van der Waals surface area contributed by atoms with Crippen molar-refractivity contribution >= 4 is 49.4 Å². The Balaban J connectivity index is 1.04.